The van der Waals surface area contributed by atoms with Crippen LogP contribution in [0.3, 0.4) is 0 Å². The molecule has 1 amide bonds. The number of nitrogens with zero attached hydrogens (tertiary/aromatic N) is 2. The lowest BCUT2D eigenvalue weighted by Gasteiger charge is -2.56. The Labute approximate surface area is 145 Å². The molecule has 0 saturated heterocycles. The zero-order chi connectivity index (χ0) is 17.1. The largest absolute Gasteiger partial charge is 0.351 e. The van der Waals surface area contributed by atoms with Crippen molar-refractivity contribution in [3.8, 4) is 0 Å². The lowest BCUT2D eigenvalue weighted by Crippen LogP contribution is -2.51. The summed E-state index contributed by atoms with van der Waals surface area (Å²) in [5.41, 5.74) is -0.189. The van der Waals surface area contributed by atoms with Crippen molar-refractivity contribution in [2.24, 2.45) is 23.2 Å². The summed E-state index contributed by atoms with van der Waals surface area (Å²) in [5.74, 6) is 1.89. The minimum Gasteiger partial charge on any atom is -0.351 e. The van der Waals surface area contributed by atoms with Crippen LogP contribution >= 0.6 is 11.8 Å². The van der Waals surface area contributed by atoms with Crippen LogP contribution < -0.4 is 5.32 Å². The third-order valence-corrected chi connectivity index (χ3v) is 6.64. The Balaban J connectivity index is 1.50. The maximum Gasteiger partial charge on any atom is 0.283 e. The monoisotopic (exact) mass is 357 g/mol. The van der Waals surface area contributed by atoms with E-state index in [2.05, 4.69) is 10.4 Å². The molecular weight excluding hydrogens is 336 g/mol. The number of aromatic nitrogens is 2. The normalized spacial score (nSPS) is 34.1. The van der Waals surface area contributed by atoms with Gasteiger partial charge in [0.05, 0.1) is 11.3 Å². The molecule has 4 bridgehead atoms. The van der Waals surface area contributed by atoms with Gasteiger partial charge >= 0.3 is 0 Å². The number of hydrogen-bond donors (Lipinski definition) is 1. The van der Waals surface area contributed by atoms with Gasteiger partial charge in [0, 0.05) is 18.3 Å². The molecule has 0 atom stereocenters. The Morgan fingerprint density at radius 1 is 1.29 bits per heavy atom. The topological polar surface area (TPSA) is 46.9 Å². The van der Waals surface area contributed by atoms with Crippen LogP contribution in [0.2, 0.25) is 0 Å². The highest BCUT2D eigenvalue weighted by molar-refractivity contribution is 6.15. The second-order valence-electron chi connectivity index (χ2n) is 8.11. The first-order valence-corrected chi connectivity index (χ1v) is 9.03. The predicted molar refractivity (Wildman–Crippen MR) is 86.1 cm³/mol. The average Bonchev–Trinajstić information content (AvgIpc) is 2.80. The van der Waals surface area contributed by atoms with Gasteiger partial charge in [0.1, 0.15) is 5.69 Å². The van der Waals surface area contributed by atoms with Gasteiger partial charge < -0.3 is 5.32 Å². The van der Waals surface area contributed by atoms with E-state index >= 15 is 0 Å². The van der Waals surface area contributed by atoms with Crippen molar-refractivity contribution < 1.29 is 13.6 Å². The van der Waals surface area contributed by atoms with E-state index < -0.39 is 18.0 Å². The second kappa shape index (κ2) is 5.68. The minimum absolute atomic E-state index is 0.0790. The fraction of sp³-hybridized carbons (Fsp3) is 0.765. The molecule has 4 nitrogen and oxygen atoms in total. The number of halogens is 3. The lowest BCUT2D eigenvalue weighted by molar-refractivity contribution is -0.0503. The highest BCUT2D eigenvalue weighted by Crippen LogP contribution is 2.59. The van der Waals surface area contributed by atoms with E-state index in [-0.39, 0.29) is 16.7 Å². The van der Waals surface area contributed by atoms with Crippen LogP contribution in [0.15, 0.2) is 0 Å². The molecule has 1 heterocycles. The molecule has 0 radical (unpaired) electrons. The van der Waals surface area contributed by atoms with Gasteiger partial charge in [0.25, 0.3) is 12.3 Å². The maximum atomic E-state index is 13.1. The smallest absolute Gasteiger partial charge is 0.283 e. The van der Waals surface area contributed by atoms with Crippen molar-refractivity contribution in [1.29, 1.82) is 0 Å². The van der Waals surface area contributed by atoms with Crippen LogP contribution in [0.1, 0.15) is 66.7 Å². The van der Waals surface area contributed by atoms with Gasteiger partial charge in [-0.25, -0.2) is 8.78 Å². The molecular formula is C17H22ClF2N3O. The molecule has 0 unspecified atom stereocenters. The molecule has 4 aliphatic rings. The summed E-state index contributed by atoms with van der Waals surface area (Å²) < 4.78 is 27.1. The van der Waals surface area contributed by atoms with Crippen LogP contribution in [0.4, 0.5) is 8.78 Å². The molecule has 4 aliphatic carbocycles. The van der Waals surface area contributed by atoms with Gasteiger partial charge in [-0.05, 0) is 68.6 Å². The summed E-state index contributed by atoms with van der Waals surface area (Å²) in [6.45, 7) is 2.11. The molecule has 4 saturated carbocycles. The zero-order valence-corrected chi connectivity index (χ0v) is 14.5. The molecule has 0 aliphatic heterocycles. The fourth-order valence-corrected chi connectivity index (χ4v) is 5.96. The quantitative estimate of drug-likeness (QED) is 0.882. The van der Waals surface area contributed by atoms with Gasteiger partial charge in [-0.1, -0.05) is 0 Å². The van der Waals surface area contributed by atoms with E-state index in [0.717, 1.165) is 41.2 Å². The molecule has 0 aromatic carbocycles. The first kappa shape index (κ1) is 16.3. The number of carbonyl (C=O) groups excluding carboxylic acids is 1. The average molecular weight is 358 g/mol. The van der Waals surface area contributed by atoms with Gasteiger partial charge in [-0.3, -0.25) is 4.79 Å². The standard InChI is InChI=1S/C17H22ClF2N3O/c1-9-13(14(15(19)20)22-23(9)18)16(24)21-8-17-5-10-2-11(6-17)4-12(3-10)7-17/h10-12,15H,2-8H2,1H3,(H,21,24). The van der Waals surface area contributed by atoms with E-state index in [1.165, 1.54) is 26.2 Å². The summed E-state index contributed by atoms with van der Waals surface area (Å²) in [4.78, 5) is 12.5. The third kappa shape index (κ3) is 2.63. The molecule has 0 spiro atoms. The molecule has 1 N–H and O–H groups in total. The number of rotatable bonds is 4. The van der Waals surface area contributed by atoms with E-state index in [0.29, 0.717) is 6.54 Å². The zero-order valence-electron chi connectivity index (χ0n) is 13.7. The van der Waals surface area contributed by atoms with Gasteiger partial charge in [0.15, 0.2) is 0 Å². The van der Waals surface area contributed by atoms with Crippen LogP contribution in [0.25, 0.3) is 0 Å². The number of nitrogens with one attached hydrogen (secondary N) is 1. The minimum atomic E-state index is -2.82. The number of alkyl halides is 2. The van der Waals surface area contributed by atoms with E-state index in [9.17, 15) is 13.6 Å². The molecule has 5 rings (SSSR count). The molecule has 1 aromatic rings. The van der Waals surface area contributed by atoms with Gasteiger partial charge in [-0.2, -0.15) is 9.30 Å². The summed E-state index contributed by atoms with van der Waals surface area (Å²) in [6, 6.07) is 0. The Bertz CT molecular complexity index is 638. The van der Waals surface area contributed by atoms with Gasteiger partial charge in [-0.15, -0.1) is 0 Å². The second-order valence-corrected chi connectivity index (χ2v) is 8.43. The molecule has 24 heavy (non-hydrogen) atoms. The molecule has 132 valence electrons. The van der Waals surface area contributed by atoms with Gasteiger partial charge in [0.2, 0.25) is 0 Å². The predicted octanol–water partition coefficient (Wildman–Crippen LogP) is 4.08. The Hall–Kier alpha value is -1.17. The van der Waals surface area contributed by atoms with Crippen molar-refractivity contribution in [2.45, 2.75) is 51.9 Å². The molecule has 1 aromatic heterocycles. The van der Waals surface area contributed by atoms with Crippen LogP contribution in [0, 0.1) is 30.1 Å². The first-order valence-electron chi connectivity index (χ1n) is 8.69. The van der Waals surface area contributed by atoms with E-state index in [1.807, 2.05) is 0 Å². The summed E-state index contributed by atoms with van der Waals surface area (Å²) in [6.07, 6.45) is 4.67. The highest BCUT2D eigenvalue weighted by Gasteiger charge is 2.50. The first-order chi connectivity index (χ1) is 11.4. The van der Waals surface area contributed by atoms with E-state index in [1.54, 1.807) is 0 Å². The number of carbonyl (C=O) groups is 1. The fourth-order valence-electron chi connectivity index (χ4n) is 5.79. The lowest BCUT2D eigenvalue weighted by atomic mass is 9.49. The summed E-state index contributed by atoms with van der Waals surface area (Å²) in [7, 11) is 0. The number of amides is 1. The Morgan fingerprint density at radius 2 is 1.83 bits per heavy atom. The Kier molecular flexibility index (Phi) is 3.86. The summed E-state index contributed by atoms with van der Waals surface area (Å²) >= 11 is 5.77. The van der Waals surface area contributed by atoms with Crippen molar-refractivity contribution in [3.63, 3.8) is 0 Å². The van der Waals surface area contributed by atoms with Crippen LogP contribution in [0.5, 0.6) is 0 Å². The van der Waals surface area contributed by atoms with Crippen molar-refractivity contribution in [2.75, 3.05) is 6.54 Å². The van der Waals surface area contributed by atoms with Crippen LogP contribution in [-0.2, 0) is 0 Å². The van der Waals surface area contributed by atoms with E-state index in [4.69, 9.17) is 11.8 Å². The molecule has 4 fully saturated rings. The highest BCUT2D eigenvalue weighted by atomic mass is 35.5. The maximum absolute atomic E-state index is 13.1. The summed E-state index contributed by atoms with van der Waals surface area (Å²) in [5, 5.41) is 6.50. The van der Waals surface area contributed by atoms with Crippen molar-refractivity contribution in [1.82, 2.24) is 14.6 Å². The molecule has 7 heteroatoms. The third-order valence-electron chi connectivity index (χ3n) is 6.31. The Morgan fingerprint density at radius 3 is 2.33 bits per heavy atom. The van der Waals surface area contributed by atoms with Crippen molar-refractivity contribution >= 4 is 17.7 Å². The van der Waals surface area contributed by atoms with Crippen molar-refractivity contribution in [3.05, 3.63) is 17.0 Å². The number of hydrogen-bond acceptors (Lipinski definition) is 2. The van der Waals surface area contributed by atoms with Crippen LogP contribution in [-0.4, -0.2) is 21.8 Å². The SMILES string of the molecule is Cc1c(C(=O)NCC23CC4CC(CC(C4)C2)C3)c(C(F)F)nn1Cl.